The molecule has 0 saturated carbocycles. The highest BCUT2D eigenvalue weighted by Gasteiger charge is 2.28. The number of carbonyl (C=O) groups is 2. The minimum atomic E-state index is -4.04. The van der Waals surface area contributed by atoms with Crippen molar-refractivity contribution in [3.05, 3.63) is 83.4 Å². The topological polar surface area (TPSA) is 124 Å². The van der Waals surface area contributed by atoms with Crippen LogP contribution in [0, 0.1) is 13.8 Å². The Kier molecular flexibility index (Phi) is 8.86. The Morgan fingerprint density at radius 1 is 0.973 bits per heavy atom. The molecular formula is C26H27N3O7S. The van der Waals surface area contributed by atoms with Gasteiger partial charge in [-0.25, -0.2) is 18.6 Å². The van der Waals surface area contributed by atoms with Crippen molar-refractivity contribution in [2.24, 2.45) is 5.10 Å². The highest BCUT2D eigenvalue weighted by molar-refractivity contribution is 7.92. The normalized spacial score (nSPS) is 11.1. The molecule has 1 N–H and O–H groups in total. The maximum Gasteiger partial charge on any atom is 0.513 e. The summed E-state index contributed by atoms with van der Waals surface area (Å²) in [5, 5.41) is 3.93. The molecule has 3 rings (SSSR count). The average molecular weight is 526 g/mol. The third kappa shape index (κ3) is 6.64. The van der Waals surface area contributed by atoms with E-state index in [1.807, 2.05) is 13.0 Å². The van der Waals surface area contributed by atoms with Crippen LogP contribution < -0.4 is 19.2 Å². The average Bonchev–Trinajstić information content (AvgIpc) is 2.90. The van der Waals surface area contributed by atoms with Crippen molar-refractivity contribution < 1.29 is 32.2 Å². The zero-order valence-electron chi connectivity index (χ0n) is 20.8. The predicted molar refractivity (Wildman–Crippen MR) is 139 cm³/mol. The van der Waals surface area contributed by atoms with Gasteiger partial charge in [-0.15, -0.1) is 0 Å². The van der Waals surface area contributed by atoms with Gasteiger partial charge in [0.25, 0.3) is 15.9 Å². The van der Waals surface area contributed by atoms with Crippen molar-refractivity contribution in [2.75, 3.05) is 25.1 Å². The van der Waals surface area contributed by atoms with Crippen LogP contribution in [0.5, 0.6) is 11.5 Å². The molecule has 0 aromatic heterocycles. The summed E-state index contributed by atoms with van der Waals surface area (Å²) < 4.78 is 42.7. The third-order valence-electron chi connectivity index (χ3n) is 5.41. The van der Waals surface area contributed by atoms with Gasteiger partial charge in [0.1, 0.15) is 6.54 Å². The Labute approximate surface area is 215 Å². The number of ether oxygens (including phenoxy) is 3. The lowest BCUT2D eigenvalue weighted by atomic mass is 10.1. The Morgan fingerprint density at radius 2 is 1.70 bits per heavy atom. The van der Waals surface area contributed by atoms with E-state index in [9.17, 15) is 18.0 Å². The van der Waals surface area contributed by atoms with Crippen LogP contribution in [0.1, 0.15) is 16.7 Å². The van der Waals surface area contributed by atoms with Gasteiger partial charge < -0.3 is 14.2 Å². The molecule has 10 nitrogen and oxygen atoms in total. The fourth-order valence-electron chi connectivity index (χ4n) is 3.35. The summed E-state index contributed by atoms with van der Waals surface area (Å²) in [6.45, 7) is 3.18. The monoisotopic (exact) mass is 525 g/mol. The molecule has 0 unspecified atom stereocenters. The highest BCUT2D eigenvalue weighted by Crippen LogP contribution is 2.29. The summed E-state index contributed by atoms with van der Waals surface area (Å²) >= 11 is 0. The molecule has 0 radical (unpaired) electrons. The lowest BCUT2D eigenvalue weighted by Crippen LogP contribution is -2.40. The number of sulfonamides is 1. The standard InChI is InChI=1S/C26H27N3O7S/c1-18-9-8-12-22(19(18)2)29(37(32,33)21-10-6-5-7-11-21)17-25(30)28-27-16-20-13-14-23(24(15-20)34-3)36-26(31)35-4/h5-16H,17H2,1-4H3,(H,28,30)/b27-16-. The molecule has 0 fully saturated rings. The maximum absolute atomic E-state index is 13.5. The van der Waals surface area contributed by atoms with E-state index in [4.69, 9.17) is 9.47 Å². The van der Waals surface area contributed by atoms with Crippen molar-refractivity contribution in [1.29, 1.82) is 0 Å². The number of hydrogen-bond donors (Lipinski definition) is 1. The Morgan fingerprint density at radius 3 is 2.38 bits per heavy atom. The largest absolute Gasteiger partial charge is 0.513 e. The fraction of sp³-hybridized carbons (Fsp3) is 0.192. The third-order valence-corrected chi connectivity index (χ3v) is 7.19. The summed E-state index contributed by atoms with van der Waals surface area (Å²) in [7, 11) is -1.45. The number of aryl methyl sites for hydroxylation is 1. The minimum absolute atomic E-state index is 0.0635. The van der Waals surface area contributed by atoms with Gasteiger partial charge in [-0.2, -0.15) is 5.10 Å². The lowest BCUT2D eigenvalue weighted by Gasteiger charge is -2.26. The van der Waals surface area contributed by atoms with Crippen molar-refractivity contribution in [2.45, 2.75) is 18.7 Å². The predicted octanol–water partition coefficient (Wildman–Crippen LogP) is 3.80. The van der Waals surface area contributed by atoms with Gasteiger partial charge in [0.2, 0.25) is 0 Å². The van der Waals surface area contributed by atoms with Crippen LogP contribution in [0.2, 0.25) is 0 Å². The van der Waals surface area contributed by atoms with Crippen LogP contribution in [0.15, 0.2) is 76.7 Å². The summed E-state index contributed by atoms with van der Waals surface area (Å²) in [5.74, 6) is -0.254. The molecule has 0 saturated heterocycles. The smallest absolute Gasteiger partial charge is 0.493 e. The van der Waals surface area contributed by atoms with E-state index in [0.29, 0.717) is 11.3 Å². The van der Waals surface area contributed by atoms with Crippen LogP contribution in [0.25, 0.3) is 0 Å². The van der Waals surface area contributed by atoms with Gasteiger partial charge in [0.15, 0.2) is 11.5 Å². The second kappa shape index (κ2) is 12.0. The van der Waals surface area contributed by atoms with Gasteiger partial charge in [-0.1, -0.05) is 30.3 Å². The molecule has 0 aliphatic rings. The summed E-state index contributed by atoms with van der Waals surface area (Å²) in [6, 6.07) is 17.8. The molecular weight excluding hydrogens is 498 g/mol. The number of carbonyl (C=O) groups excluding carboxylic acids is 2. The Hall–Kier alpha value is -4.38. The molecule has 3 aromatic rings. The van der Waals surface area contributed by atoms with Crippen molar-refractivity contribution in [3.63, 3.8) is 0 Å². The van der Waals surface area contributed by atoms with Crippen molar-refractivity contribution >= 4 is 34.0 Å². The molecule has 0 spiro atoms. The summed E-state index contributed by atoms with van der Waals surface area (Å²) in [6.07, 6.45) is 0.446. The van der Waals surface area contributed by atoms with E-state index in [2.05, 4.69) is 15.3 Å². The second-order valence-electron chi connectivity index (χ2n) is 7.80. The van der Waals surface area contributed by atoms with Gasteiger partial charge >= 0.3 is 6.16 Å². The van der Waals surface area contributed by atoms with E-state index in [-0.39, 0.29) is 16.4 Å². The first kappa shape index (κ1) is 27.2. The van der Waals surface area contributed by atoms with Gasteiger partial charge in [0.05, 0.1) is 31.0 Å². The first-order valence-corrected chi connectivity index (χ1v) is 12.5. The molecule has 0 aliphatic heterocycles. The number of rotatable bonds is 9. The molecule has 194 valence electrons. The van der Waals surface area contributed by atoms with Crippen LogP contribution in [-0.2, 0) is 19.6 Å². The Bertz CT molecular complexity index is 1410. The number of benzene rings is 3. The SMILES string of the molecule is COC(=O)Oc1ccc(/C=N\NC(=O)CN(c2cccc(C)c2C)S(=O)(=O)c2ccccc2)cc1OC. The molecule has 1 amide bonds. The number of anilines is 1. The molecule has 0 bridgehead atoms. The Balaban J connectivity index is 1.81. The van der Waals surface area contributed by atoms with E-state index in [1.165, 1.54) is 44.7 Å². The minimum Gasteiger partial charge on any atom is -0.493 e. The summed E-state index contributed by atoms with van der Waals surface area (Å²) in [5.41, 5.74) is 4.91. The number of hydrazone groups is 1. The van der Waals surface area contributed by atoms with Crippen LogP contribution >= 0.6 is 0 Å². The number of amides is 1. The van der Waals surface area contributed by atoms with Crippen LogP contribution in [0.4, 0.5) is 10.5 Å². The lowest BCUT2D eigenvalue weighted by molar-refractivity contribution is -0.119. The van der Waals surface area contributed by atoms with E-state index < -0.39 is 28.6 Å². The fourth-order valence-corrected chi connectivity index (χ4v) is 4.85. The first-order chi connectivity index (χ1) is 17.7. The molecule has 11 heteroatoms. The van der Waals surface area contributed by atoms with Crippen molar-refractivity contribution in [1.82, 2.24) is 5.43 Å². The highest BCUT2D eigenvalue weighted by atomic mass is 32.2. The van der Waals surface area contributed by atoms with E-state index in [0.717, 1.165) is 15.4 Å². The number of methoxy groups -OCH3 is 2. The molecule has 3 aromatic carbocycles. The van der Waals surface area contributed by atoms with Crippen LogP contribution in [0.3, 0.4) is 0 Å². The van der Waals surface area contributed by atoms with Crippen molar-refractivity contribution in [3.8, 4) is 11.5 Å². The molecule has 0 aliphatic carbocycles. The number of nitrogens with one attached hydrogen (secondary N) is 1. The van der Waals surface area contributed by atoms with Gasteiger partial charge in [-0.3, -0.25) is 9.10 Å². The van der Waals surface area contributed by atoms with Crippen LogP contribution in [-0.4, -0.2) is 47.5 Å². The number of nitrogens with zero attached hydrogens (tertiary/aromatic N) is 2. The van der Waals surface area contributed by atoms with E-state index in [1.54, 1.807) is 43.3 Å². The second-order valence-corrected chi connectivity index (χ2v) is 9.67. The molecule has 0 atom stereocenters. The van der Waals surface area contributed by atoms with E-state index >= 15 is 0 Å². The zero-order valence-corrected chi connectivity index (χ0v) is 21.6. The quantitative estimate of drug-likeness (QED) is 0.195. The van der Waals surface area contributed by atoms with Gasteiger partial charge in [-0.05, 0) is 66.9 Å². The first-order valence-electron chi connectivity index (χ1n) is 11.1. The zero-order chi connectivity index (χ0) is 27.0. The maximum atomic E-state index is 13.5. The summed E-state index contributed by atoms with van der Waals surface area (Å²) in [4.78, 5) is 24.2. The molecule has 37 heavy (non-hydrogen) atoms. The number of hydrogen-bond acceptors (Lipinski definition) is 8. The van der Waals surface area contributed by atoms with Gasteiger partial charge in [0, 0.05) is 0 Å². The molecule has 0 heterocycles.